The van der Waals surface area contributed by atoms with Crippen LogP contribution in [0.3, 0.4) is 0 Å². The van der Waals surface area contributed by atoms with Gasteiger partial charge in [-0.3, -0.25) is 18.8 Å². The molecule has 0 aliphatic carbocycles. The lowest BCUT2D eigenvalue weighted by Crippen LogP contribution is -2.28. The monoisotopic (exact) mass is 448 g/mol. The van der Waals surface area contributed by atoms with Gasteiger partial charge in [0.05, 0.1) is 29.9 Å². The molecule has 0 unspecified atom stereocenters. The molecule has 11 nitrogen and oxygen atoms in total. The van der Waals surface area contributed by atoms with Gasteiger partial charge in [0.1, 0.15) is 23.4 Å². The van der Waals surface area contributed by atoms with Crippen LogP contribution in [0.25, 0.3) is 16.9 Å². The molecule has 0 spiro atoms. The highest BCUT2D eigenvalue weighted by molar-refractivity contribution is 7.92. The second kappa shape index (κ2) is 8.05. The van der Waals surface area contributed by atoms with E-state index in [0.29, 0.717) is 28.3 Å². The summed E-state index contributed by atoms with van der Waals surface area (Å²) in [5, 5.41) is 8.90. The van der Waals surface area contributed by atoms with Gasteiger partial charge in [0, 0.05) is 31.2 Å². The van der Waals surface area contributed by atoms with Crippen molar-refractivity contribution in [3.05, 3.63) is 66.5 Å². The Balaban J connectivity index is 1.65. The fourth-order valence-corrected chi connectivity index (χ4v) is 3.44. The first kappa shape index (κ1) is 20.9. The molecule has 0 bridgehead atoms. The van der Waals surface area contributed by atoms with E-state index in [1.165, 1.54) is 29.6 Å². The maximum absolute atomic E-state index is 12.9. The van der Waals surface area contributed by atoms with E-state index in [9.17, 15) is 13.2 Å². The Morgan fingerprint density at radius 2 is 1.88 bits per heavy atom. The Morgan fingerprint density at radius 1 is 1.06 bits per heavy atom. The van der Waals surface area contributed by atoms with Gasteiger partial charge in [0.2, 0.25) is 10.0 Å². The van der Waals surface area contributed by atoms with Crippen molar-refractivity contribution in [2.45, 2.75) is 0 Å². The third-order valence-corrected chi connectivity index (χ3v) is 5.07. The summed E-state index contributed by atoms with van der Waals surface area (Å²) in [7, 11) is -1.87. The van der Waals surface area contributed by atoms with Crippen LogP contribution in [0.2, 0.25) is 0 Å². The molecule has 0 fully saturated rings. The summed E-state index contributed by atoms with van der Waals surface area (Å²) in [5.41, 5.74) is 2.39. The Labute approximate surface area is 183 Å². The number of carbonyl (C=O) groups is 1. The minimum atomic E-state index is -3.43. The molecule has 160 valence electrons. The van der Waals surface area contributed by atoms with Gasteiger partial charge in [-0.25, -0.2) is 28.4 Å². The smallest absolute Gasteiger partial charge is 0.279 e. The van der Waals surface area contributed by atoms with Gasteiger partial charge < -0.3 is 0 Å². The summed E-state index contributed by atoms with van der Waals surface area (Å²) >= 11 is 0. The van der Waals surface area contributed by atoms with Crippen molar-refractivity contribution < 1.29 is 13.2 Å². The number of sulfonamides is 1. The average molecular weight is 448 g/mol. The van der Waals surface area contributed by atoms with Crippen molar-refractivity contribution in [3.63, 3.8) is 0 Å². The molecule has 12 heteroatoms. The zero-order valence-corrected chi connectivity index (χ0v) is 17.8. The molecule has 4 aromatic rings. The molecule has 4 rings (SSSR count). The number of aromatic nitrogens is 5. The molecule has 4 heterocycles. The van der Waals surface area contributed by atoms with Crippen molar-refractivity contribution in [2.75, 3.05) is 22.9 Å². The molecule has 1 N–H and O–H groups in total. The molecule has 4 aromatic heterocycles. The number of nitriles is 1. The second-order valence-corrected chi connectivity index (χ2v) is 8.58. The lowest BCUT2D eigenvalue weighted by atomic mass is 10.2. The van der Waals surface area contributed by atoms with Crippen LogP contribution in [0.15, 0.2) is 55.2 Å². The highest BCUT2D eigenvalue weighted by atomic mass is 32.2. The predicted molar refractivity (Wildman–Crippen MR) is 116 cm³/mol. The molecule has 0 saturated carbocycles. The first-order valence-electron chi connectivity index (χ1n) is 9.17. The van der Waals surface area contributed by atoms with Crippen LogP contribution in [-0.4, -0.2) is 52.0 Å². The summed E-state index contributed by atoms with van der Waals surface area (Å²) in [4.78, 5) is 31.0. The molecule has 0 aliphatic rings. The number of amides is 1. The summed E-state index contributed by atoms with van der Waals surface area (Å²) in [6.45, 7) is 0. The molecule has 0 aliphatic heterocycles. The standard InChI is InChI=1S/C20H16N8O3S/c1-27(18-6-3-13(7-21)8-24-18)20(29)15-12-28-16(10-25-19(28)11-22-15)14-4-5-17(23-9-14)26-32(2,30)31/h3-6,8-12H,1-2H3,(H,23,26). The highest BCUT2D eigenvalue weighted by Crippen LogP contribution is 2.22. The van der Waals surface area contributed by atoms with E-state index in [1.807, 2.05) is 6.07 Å². The Morgan fingerprint density at radius 3 is 2.50 bits per heavy atom. The van der Waals surface area contributed by atoms with Gasteiger partial charge in [-0.1, -0.05) is 0 Å². The molecule has 0 aromatic carbocycles. The molecular weight excluding hydrogens is 432 g/mol. The van der Waals surface area contributed by atoms with Gasteiger partial charge in [0.25, 0.3) is 5.91 Å². The fourth-order valence-electron chi connectivity index (χ4n) is 2.94. The maximum atomic E-state index is 12.9. The van der Waals surface area contributed by atoms with Crippen molar-refractivity contribution in [1.82, 2.24) is 24.3 Å². The molecule has 1 amide bonds. The van der Waals surface area contributed by atoms with Crippen LogP contribution in [0.5, 0.6) is 0 Å². The number of imidazole rings is 1. The first-order valence-corrected chi connectivity index (χ1v) is 11.1. The number of rotatable bonds is 5. The normalized spacial score (nSPS) is 11.2. The minimum Gasteiger partial charge on any atom is -0.296 e. The lowest BCUT2D eigenvalue weighted by molar-refractivity contribution is 0.0987. The molecular formula is C20H16N8O3S. The van der Waals surface area contributed by atoms with Gasteiger partial charge in [-0.15, -0.1) is 0 Å². The zero-order valence-electron chi connectivity index (χ0n) is 17.0. The van der Waals surface area contributed by atoms with Crippen molar-refractivity contribution >= 4 is 33.2 Å². The van der Waals surface area contributed by atoms with E-state index in [2.05, 4.69) is 24.7 Å². The largest absolute Gasteiger partial charge is 0.296 e. The van der Waals surface area contributed by atoms with E-state index < -0.39 is 15.9 Å². The van der Waals surface area contributed by atoms with E-state index in [0.717, 1.165) is 6.26 Å². The van der Waals surface area contributed by atoms with E-state index >= 15 is 0 Å². The van der Waals surface area contributed by atoms with Crippen LogP contribution >= 0.6 is 0 Å². The molecule has 0 saturated heterocycles. The van der Waals surface area contributed by atoms with Gasteiger partial charge in [-0.2, -0.15) is 5.26 Å². The number of nitrogens with one attached hydrogen (secondary N) is 1. The summed E-state index contributed by atoms with van der Waals surface area (Å²) in [6, 6.07) is 8.36. The van der Waals surface area contributed by atoms with Gasteiger partial charge in [-0.05, 0) is 24.3 Å². The Kier molecular flexibility index (Phi) is 5.25. The third-order valence-electron chi connectivity index (χ3n) is 4.49. The predicted octanol–water partition coefficient (Wildman–Crippen LogP) is 1.71. The lowest BCUT2D eigenvalue weighted by Gasteiger charge is -2.15. The van der Waals surface area contributed by atoms with Gasteiger partial charge >= 0.3 is 0 Å². The fraction of sp³-hybridized carbons (Fsp3) is 0.100. The molecule has 32 heavy (non-hydrogen) atoms. The first-order chi connectivity index (χ1) is 15.2. The zero-order chi connectivity index (χ0) is 22.9. The van der Waals surface area contributed by atoms with Crippen molar-refractivity contribution in [3.8, 4) is 17.3 Å². The highest BCUT2D eigenvalue weighted by Gasteiger charge is 2.18. The molecule has 0 radical (unpaired) electrons. The molecule has 0 atom stereocenters. The number of pyridine rings is 2. The SMILES string of the molecule is CN(C(=O)c1cn2c(-c3ccc(NS(C)(=O)=O)nc3)cnc2cn1)c1ccc(C#N)cn1. The number of anilines is 2. The third kappa shape index (κ3) is 4.23. The number of hydrogen-bond donors (Lipinski definition) is 1. The Bertz CT molecular complexity index is 1460. The van der Waals surface area contributed by atoms with E-state index in [4.69, 9.17) is 5.26 Å². The van der Waals surface area contributed by atoms with Crippen LogP contribution in [0, 0.1) is 11.3 Å². The summed E-state index contributed by atoms with van der Waals surface area (Å²) in [6.07, 6.45) is 8.58. The quantitative estimate of drug-likeness (QED) is 0.485. The minimum absolute atomic E-state index is 0.161. The van der Waals surface area contributed by atoms with Crippen LogP contribution in [0.4, 0.5) is 11.6 Å². The summed E-state index contributed by atoms with van der Waals surface area (Å²) < 4.78 is 26.7. The second-order valence-electron chi connectivity index (χ2n) is 6.83. The van der Waals surface area contributed by atoms with Crippen molar-refractivity contribution in [2.24, 2.45) is 0 Å². The van der Waals surface area contributed by atoms with Crippen LogP contribution in [-0.2, 0) is 10.0 Å². The number of fused-ring (bicyclic) bond motifs is 1. The van der Waals surface area contributed by atoms with E-state index in [1.54, 1.807) is 42.0 Å². The van der Waals surface area contributed by atoms with Crippen molar-refractivity contribution in [1.29, 1.82) is 5.26 Å². The Hall–Kier alpha value is -4.37. The topological polar surface area (TPSA) is 146 Å². The number of hydrogen-bond acceptors (Lipinski definition) is 8. The maximum Gasteiger partial charge on any atom is 0.279 e. The van der Waals surface area contributed by atoms with Crippen LogP contribution in [0.1, 0.15) is 16.1 Å². The van der Waals surface area contributed by atoms with Crippen LogP contribution < -0.4 is 9.62 Å². The van der Waals surface area contributed by atoms with Gasteiger partial charge in [0.15, 0.2) is 5.65 Å². The number of nitrogens with zero attached hydrogens (tertiary/aromatic N) is 7. The number of carbonyl (C=O) groups excluding carboxylic acids is 1. The summed E-state index contributed by atoms with van der Waals surface area (Å²) in [5.74, 6) is 0.175. The van der Waals surface area contributed by atoms with E-state index in [-0.39, 0.29) is 11.5 Å². The average Bonchev–Trinajstić information content (AvgIpc) is 3.21.